The first-order chi connectivity index (χ1) is 8.63. The summed E-state index contributed by atoms with van der Waals surface area (Å²) in [4.78, 5) is 11.7. The fourth-order valence-corrected chi connectivity index (χ4v) is 3.56. The molecule has 0 bridgehead atoms. The van der Waals surface area contributed by atoms with Crippen LogP contribution in [0.5, 0.6) is 0 Å². The second-order valence-electron chi connectivity index (χ2n) is 5.46. The summed E-state index contributed by atoms with van der Waals surface area (Å²) in [7, 11) is 0. The molecule has 3 rings (SSSR count). The largest absolute Gasteiger partial charge is 0.457 e. The number of rotatable bonds is 1. The van der Waals surface area contributed by atoms with Crippen molar-refractivity contribution in [3.05, 3.63) is 34.9 Å². The third kappa shape index (κ3) is 1.50. The molecule has 1 N–H and O–H groups in total. The lowest BCUT2D eigenvalue weighted by Gasteiger charge is -2.24. The van der Waals surface area contributed by atoms with E-state index in [4.69, 9.17) is 4.74 Å². The van der Waals surface area contributed by atoms with E-state index >= 15 is 0 Å². The molecule has 1 heterocycles. The van der Waals surface area contributed by atoms with Gasteiger partial charge < -0.3 is 9.84 Å². The van der Waals surface area contributed by atoms with Crippen molar-refractivity contribution in [3.63, 3.8) is 0 Å². The van der Waals surface area contributed by atoms with Gasteiger partial charge >= 0.3 is 5.97 Å². The number of aliphatic hydroxyl groups excluding tert-OH is 1. The maximum atomic E-state index is 11.7. The van der Waals surface area contributed by atoms with Crippen LogP contribution in [-0.2, 0) is 9.53 Å². The van der Waals surface area contributed by atoms with Crippen LogP contribution in [0, 0.1) is 11.8 Å². The first-order valence-electron chi connectivity index (χ1n) is 6.51. The zero-order valence-electron chi connectivity index (χ0n) is 10.6. The van der Waals surface area contributed by atoms with Crippen molar-refractivity contribution >= 4 is 5.97 Å². The maximum absolute atomic E-state index is 11.7. The fourth-order valence-electron chi connectivity index (χ4n) is 3.56. The summed E-state index contributed by atoms with van der Waals surface area (Å²) in [6.45, 7) is 6.08. The molecular weight excluding hydrogens is 228 g/mol. The average Bonchev–Trinajstić information content (AvgIpc) is 2.79. The number of allylic oxidation sites excluding steroid dienone is 1. The van der Waals surface area contributed by atoms with Crippen LogP contribution in [0.1, 0.15) is 26.2 Å². The van der Waals surface area contributed by atoms with E-state index in [0.717, 1.165) is 24.8 Å². The number of hydrogen-bond acceptors (Lipinski definition) is 3. The van der Waals surface area contributed by atoms with E-state index in [9.17, 15) is 9.90 Å². The lowest BCUT2D eigenvalue weighted by molar-refractivity contribution is -0.140. The molecule has 0 aromatic rings. The highest BCUT2D eigenvalue weighted by Gasteiger charge is 2.47. The molecule has 1 aliphatic heterocycles. The number of carbonyl (C=O) groups is 1. The highest BCUT2D eigenvalue weighted by atomic mass is 16.6. The zero-order valence-corrected chi connectivity index (χ0v) is 10.6. The molecule has 3 heteroatoms. The smallest absolute Gasteiger partial charge is 0.334 e. The van der Waals surface area contributed by atoms with Gasteiger partial charge in [0.1, 0.15) is 6.10 Å². The van der Waals surface area contributed by atoms with Gasteiger partial charge in [0.25, 0.3) is 0 Å². The van der Waals surface area contributed by atoms with Gasteiger partial charge in [0.05, 0.1) is 6.61 Å². The summed E-state index contributed by atoms with van der Waals surface area (Å²) >= 11 is 0. The summed E-state index contributed by atoms with van der Waals surface area (Å²) in [5, 5.41) is 9.52. The molecule has 0 aromatic carbocycles. The van der Waals surface area contributed by atoms with Crippen LogP contribution >= 0.6 is 0 Å². The summed E-state index contributed by atoms with van der Waals surface area (Å²) < 4.78 is 5.54. The maximum Gasteiger partial charge on any atom is 0.334 e. The minimum Gasteiger partial charge on any atom is -0.457 e. The number of hydrogen-bond donors (Lipinski definition) is 1. The molecule has 1 fully saturated rings. The second-order valence-corrected chi connectivity index (χ2v) is 5.46. The van der Waals surface area contributed by atoms with E-state index in [1.54, 1.807) is 0 Å². The summed E-state index contributed by atoms with van der Waals surface area (Å²) in [6.07, 6.45) is 4.69. The minimum atomic E-state index is -0.239. The predicted molar refractivity (Wildman–Crippen MR) is 67.7 cm³/mol. The van der Waals surface area contributed by atoms with Crippen LogP contribution in [0.2, 0.25) is 0 Å². The summed E-state index contributed by atoms with van der Waals surface area (Å²) in [5.41, 5.74) is 4.27. The van der Waals surface area contributed by atoms with Crippen LogP contribution in [0.15, 0.2) is 34.9 Å². The van der Waals surface area contributed by atoms with Gasteiger partial charge in [0.15, 0.2) is 0 Å². The number of carbonyl (C=O) groups excluding carboxylic acids is 1. The first kappa shape index (κ1) is 11.7. The molecule has 3 nitrogen and oxygen atoms in total. The van der Waals surface area contributed by atoms with Gasteiger partial charge in [-0.1, -0.05) is 23.8 Å². The van der Waals surface area contributed by atoms with E-state index in [0.29, 0.717) is 5.57 Å². The van der Waals surface area contributed by atoms with Gasteiger partial charge in [-0.15, -0.1) is 0 Å². The van der Waals surface area contributed by atoms with Gasteiger partial charge in [-0.3, -0.25) is 0 Å². The van der Waals surface area contributed by atoms with E-state index in [1.165, 1.54) is 11.1 Å². The van der Waals surface area contributed by atoms with Gasteiger partial charge in [-0.2, -0.15) is 0 Å². The Hall–Kier alpha value is -1.35. The van der Waals surface area contributed by atoms with Crippen molar-refractivity contribution in [2.75, 3.05) is 6.61 Å². The van der Waals surface area contributed by atoms with Crippen LogP contribution < -0.4 is 0 Å². The molecule has 18 heavy (non-hydrogen) atoms. The predicted octanol–water partition coefficient (Wildman–Crippen LogP) is 2.13. The molecule has 0 radical (unpaired) electrons. The monoisotopic (exact) mass is 246 g/mol. The molecule has 0 amide bonds. The fraction of sp³-hybridized carbons (Fsp3) is 0.533. The van der Waals surface area contributed by atoms with Crippen molar-refractivity contribution in [2.24, 2.45) is 11.8 Å². The molecule has 0 saturated carbocycles. The SMILES string of the molecule is C=C1C(=O)O[C@@H]2[C@H]3C(C)=CCC3=C(CO)CC[C@@H]12. The summed E-state index contributed by atoms with van der Waals surface area (Å²) in [6, 6.07) is 0. The normalized spacial score (nSPS) is 35.0. The number of esters is 1. The molecule has 3 atom stereocenters. The van der Waals surface area contributed by atoms with Gasteiger partial charge in [-0.05, 0) is 31.8 Å². The Kier molecular flexibility index (Phi) is 2.67. The molecular formula is C15H18O3. The lowest BCUT2D eigenvalue weighted by Crippen LogP contribution is -2.26. The van der Waals surface area contributed by atoms with Crippen molar-refractivity contribution in [2.45, 2.75) is 32.3 Å². The Morgan fingerprint density at radius 3 is 3.06 bits per heavy atom. The highest BCUT2D eigenvalue weighted by molar-refractivity contribution is 5.91. The molecule has 96 valence electrons. The van der Waals surface area contributed by atoms with Crippen LogP contribution in [0.25, 0.3) is 0 Å². The molecule has 3 aliphatic rings. The number of aliphatic hydroxyl groups is 1. The van der Waals surface area contributed by atoms with Crippen molar-refractivity contribution in [3.8, 4) is 0 Å². The van der Waals surface area contributed by atoms with E-state index in [2.05, 4.69) is 19.6 Å². The van der Waals surface area contributed by atoms with Crippen LogP contribution in [0.3, 0.4) is 0 Å². The Balaban J connectivity index is 2.04. The van der Waals surface area contributed by atoms with E-state index < -0.39 is 0 Å². The topological polar surface area (TPSA) is 46.5 Å². The van der Waals surface area contributed by atoms with Crippen molar-refractivity contribution in [1.82, 2.24) is 0 Å². The Morgan fingerprint density at radius 2 is 2.33 bits per heavy atom. The van der Waals surface area contributed by atoms with Crippen LogP contribution in [0.4, 0.5) is 0 Å². The Labute approximate surface area is 107 Å². The van der Waals surface area contributed by atoms with Crippen molar-refractivity contribution < 1.29 is 14.6 Å². The lowest BCUT2D eigenvalue weighted by atomic mass is 9.83. The zero-order chi connectivity index (χ0) is 12.9. The minimum absolute atomic E-state index is 0.0946. The van der Waals surface area contributed by atoms with Gasteiger partial charge in [-0.25, -0.2) is 4.79 Å². The first-order valence-corrected chi connectivity index (χ1v) is 6.51. The molecule has 0 unspecified atom stereocenters. The van der Waals surface area contributed by atoms with E-state index in [-0.39, 0.29) is 30.5 Å². The standard InChI is InChI=1S/C15H18O3/c1-8-3-5-12-10(7-16)4-6-11-9(2)15(17)18-14(11)13(8)12/h3,11,13-14,16H,2,4-7H2,1H3/t11-,13-,14-/m0/s1. The van der Waals surface area contributed by atoms with Gasteiger partial charge in [0, 0.05) is 17.4 Å². The molecule has 2 aliphatic carbocycles. The Bertz CT molecular complexity index is 484. The summed E-state index contributed by atoms with van der Waals surface area (Å²) in [5.74, 6) is 0.0438. The van der Waals surface area contributed by atoms with Crippen molar-refractivity contribution in [1.29, 1.82) is 0 Å². The third-order valence-electron chi connectivity index (χ3n) is 4.59. The molecule has 0 spiro atoms. The quantitative estimate of drug-likeness (QED) is 0.438. The number of fused-ring (bicyclic) bond motifs is 3. The third-order valence-corrected chi connectivity index (χ3v) is 4.59. The molecule has 1 saturated heterocycles. The highest BCUT2D eigenvalue weighted by Crippen LogP contribution is 2.48. The van der Waals surface area contributed by atoms with E-state index in [1.807, 2.05) is 0 Å². The van der Waals surface area contributed by atoms with Gasteiger partial charge in [0.2, 0.25) is 0 Å². The second kappa shape index (κ2) is 4.09. The molecule has 0 aromatic heterocycles. The van der Waals surface area contributed by atoms with Crippen LogP contribution in [-0.4, -0.2) is 23.8 Å². The average molecular weight is 246 g/mol. The Morgan fingerprint density at radius 1 is 1.56 bits per heavy atom. The number of ether oxygens (including phenoxy) is 1.